The van der Waals surface area contributed by atoms with Crippen molar-refractivity contribution in [2.24, 2.45) is 0 Å². The van der Waals surface area contributed by atoms with Crippen LogP contribution in [-0.4, -0.2) is 48.9 Å². The predicted molar refractivity (Wildman–Crippen MR) is 165 cm³/mol. The first-order valence-corrected chi connectivity index (χ1v) is 20.2. The van der Waals surface area contributed by atoms with Crippen LogP contribution < -0.4 is 0 Å². The number of hydrogen-bond acceptors (Lipinski definition) is 5. The van der Waals surface area contributed by atoms with Gasteiger partial charge in [-0.3, -0.25) is 10.1 Å². The molecule has 0 spiro atoms. The molecular weight excluding hydrogens is 525 g/mol. The molecule has 39 heavy (non-hydrogen) atoms. The smallest absolute Gasteiger partial charge is 0.270 e. The molecule has 2 aromatic heterocycles. The highest BCUT2D eigenvalue weighted by molar-refractivity contribution is 6.76. The molecule has 0 aliphatic rings. The van der Waals surface area contributed by atoms with Gasteiger partial charge in [0, 0.05) is 61.4 Å². The van der Waals surface area contributed by atoms with Crippen molar-refractivity contribution in [2.45, 2.75) is 77.9 Å². The quantitative estimate of drug-likeness (QED) is 0.0797. The topological polar surface area (TPSA) is 84.3 Å². The van der Waals surface area contributed by atoms with Crippen LogP contribution in [-0.2, 0) is 22.4 Å². The van der Waals surface area contributed by atoms with Crippen molar-refractivity contribution in [3.63, 3.8) is 0 Å². The lowest BCUT2D eigenvalue weighted by molar-refractivity contribution is -0.384. The maximum atomic E-state index is 11.5. The van der Waals surface area contributed by atoms with Gasteiger partial charge in [-0.2, -0.15) is 5.10 Å². The fourth-order valence-electron chi connectivity index (χ4n) is 4.28. The summed E-state index contributed by atoms with van der Waals surface area (Å²) in [6.45, 7) is 20.7. The van der Waals surface area contributed by atoms with Crippen LogP contribution in [0.25, 0.3) is 33.1 Å². The molecule has 0 aliphatic heterocycles. The first kappa shape index (κ1) is 29.2. The maximum Gasteiger partial charge on any atom is 0.270 e. The van der Waals surface area contributed by atoms with E-state index in [4.69, 9.17) is 14.3 Å². The van der Waals surface area contributed by atoms with Crippen LogP contribution in [0, 0.1) is 10.1 Å². The van der Waals surface area contributed by atoms with Crippen molar-refractivity contribution in [1.82, 2.24) is 14.3 Å². The number of nitro groups is 1. The van der Waals surface area contributed by atoms with Crippen molar-refractivity contribution in [1.29, 1.82) is 0 Å². The molecule has 0 bridgehead atoms. The molecule has 0 unspecified atom stereocenters. The van der Waals surface area contributed by atoms with Crippen molar-refractivity contribution in [3.8, 4) is 11.3 Å². The largest absolute Gasteiger partial charge is 0.415 e. The Hall–Kier alpha value is -2.80. The number of fused-ring (bicyclic) bond motifs is 2. The Morgan fingerprint density at radius 2 is 1.69 bits per heavy atom. The Bertz CT molecular complexity index is 1480. The number of hydrogen-bond donors (Lipinski definition) is 0. The zero-order valence-electron chi connectivity index (χ0n) is 24.6. The summed E-state index contributed by atoms with van der Waals surface area (Å²) in [5, 5.41) is 18.4. The number of nitro benzene ring substituents is 1. The van der Waals surface area contributed by atoms with Gasteiger partial charge in [-0.25, -0.2) is 4.68 Å². The van der Waals surface area contributed by atoms with Crippen LogP contribution >= 0.6 is 0 Å². The van der Waals surface area contributed by atoms with E-state index < -0.39 is 16.4 Å². The van der Waals surface area contributed by atoms with E-state index in [2.05, 4.69) is 82.5 Å². The Kier molecular flexibility index (Phi) is 8.23. The van der Waals surface area contributed by atoms with E-state index in [1.165, 1.54) is 6.07 Å². The van der Waals surface area contributed by atoms with Gasteiger partial charge in [0.15, 0.2) is 8.32 Å². The minimum atomic E-state index is -1.80. The van der Waals surface area contributed by atoms with Gasteiger partial charge < -0.3 is 13.7 Å². The Labute approximate surface area is 233 Å². The second-order valence-corrected chi connectivity index (χ2v) is 23.5. The zero-order valence-corrected chi connectivity index (χ0v) is 26.6. The third kappa shape index (κ3) is 6.68. The van der Waals surface area contributed by atoms with Crippen LogP contribution in [0.15, 0.2) is 48.7 Å². The zero-order chi connectivity index (χ0) is 28.6. The van der Waals surface area contributed by atoms with Gasteiger partial charge in [0.05, 0.1) is 17.0 Å². The highest BCUT2D eigenvalue weighted by Gasteiger charge is 2.36. The van der Waals surface area contributed by atoms with E-state index in [1.807, 2.05) is 10.7 Å². The standard InChI is InChI=1S/C29H42N4O4Si2/c1-29(2,3)39(7,8)37-16-15-31-14-13-22-19-23(9-11-26(22)31)28-25-20-24(33(34)35)10-12-27(25)32(30-28)21-36-17-18-38(4,5)6/h9-14,19-20H,15-18,21H2,1-8H3. The Morgan fingerprint density at radius 1 is 0.974 bits per heavy atom. The fraction of sp³-hybridized carbons (Fsp3) is 0.483. The van der Waals surface area contributed by atoms with Crippen LogP contribution in [0.4, 0.5) is 5.69 Å². The summed E-state index contributed by atoms with van der Waals surface area (Å²) >= 11 is 0. The van der Waals surface area contributed by atoms with Gasteiger partial charge in [0.25, 0.3) is 5.69 Å². The van der Waals surface area contributed by atoms with Gasteiger partial charge in [-0.05, 0) is 48.4 Å². The molecule has 0 saturated heterocycles. The normalized spacial score (nSPS) is 13.0. The van der Waals surface area contributed by atoms with Crippen LogP contribution in [0.1, 0.15) is 20.8 Å². The van der Waals surface area contributed by atoms with Crippen LogP contribution in [0.3, 0.4) is 0 Å². The van der Waals surface area contributed by atoms with Gasteiger partial charge >= 0.3 is 0 Å². The van der Waals surface area contributed by atoms with E-state index in [-0.39, 0.29) is 15.6 Å². The monoisotopic (exact) mass is 566 g/mol. The molecule has 0 N–H and O–H groups in total. The molecule has 2 aromatic carbocycles. The number of ether oxygens (including phenoxy) is 1. The van der Waals surface area contributed by atoms with Crippen LogP contribution in [0.5, 0.6) is 0 Å². The molecule has 0 saturated carbocycles. The van der Waals surface area contributed by atoms with Crippen molar-refractivity contribution in [2.75, 3.05) is 13.2 Å². The molecule has 0 amide bonds. The number of aromatic nitrogens is 3. The summed E-state index contributed by atoms with van der Waals surface area (Å²) in [7, 11) is -3.00. The van der Waals surface area contributed by atoms with Gasteiger partial charge in [0.2, 0.25) is 0 Å². The third-order valence-corrected chi connectivity index (χ3v) is 14.0. The first-order valence-electron chi connectivity index (χ1n) is 13.6. The van der Waals surface area contributed by atoms with E-state index >= 15 is 0 Å². The lowest BCUT2D eigenvalue weighted by atomic mass is 10.1. The van der Waals surface area contributed by atoms with Crippen molar-refractivity contribution < 1.29 is 14.1 Å². The molecule has 10 heteroatoms. The summed E-state index contributed by atoms with van der Waals surface area (Å²) in [6.07, 6.45) is 2.09. The van der Waals surface area contributed by atoms with Crippen molar-refractivity contribution >= 4 is 43.9 Å². The minimum Gasteiger partial charge on any atom is -0.415 e. The van der Waals surface area contributed by atoms with Gasteiger partial charge in [0.1, 0.15) is 12.4 Å². The average molecular weight is 567 g/mol. The van der Waals surface area contributed by atoms with E-state index in [0.29, 0.717) is 19.9 Å². The second-order valence-electron chi connectivity index (χ2n) is 13.0. The highest BCUT2D eigenvalue weighted by atomic mass is 28.4. The van der Waals surface area contributed by atoms with E-state index in [1.54, 1.807) is 12.1 Å². The highest BCUT2D eigenvalue weighted by Crippen LogP contribution is 2.37. The second kappa shape index (κ2) is 11.0. The summed E-state index contributed by atoms with van der Waals surface area (Å²) in [5.41, 5.74) is 3.64. The third-order valence-electron chi connectivity index (χ3n) is 7.80. The molecule has 0 radical (unpaired) electrons. The summed E-state index contributed by atoms with van der Waals surface area (Å²) < 4.78 is 16.4. The molecule has 210 valence electrons. The minimum absolute atomic E-state index is 0.0527. The lowest BCUT2D eigenvalue weighted by Crippen LogP contribution is -2.41. The first-order chi connectivity index (χ1) is 18.2. The van der Waals surface area contributed by atoms with E-state index in [0.717, 1.165) is 45.7 Å². The SMILES string of the molecule is CC(C)(C)[Si](C)(C)OCCn1ccc2cc(-c3nn(COCC[Si](C)(C)C)c4ccc([N+](=O)[O-])cc34)ccc21. The van der Waals surface area contributed by atoms with Gasteiger partial charge in [-0.15, -0.1) is 0 Å². The molecule has 2 heterocycles. The average Bonchev–Trinajstić information content (AvgIpc) is 3.41. The Balaban J connectivity index is 1.61. The molecular formula is C29H42N4O4Si2. The summed E-state index contributed by atoms with van der Waals surface area (Å²) in [5.74, 6) is 0. The molecule has 0 aliphatic carbocycles. The molecule has 8 nitrogen and oxygen atoms in total. The molecule has 0 fully saturated rings. The molecule has 0 atom stereocenters. The summed E-state index contributed by atoms with van der Waals surface area (Å²) in [6, 6.07) is 14.3. The lowest BCUT2D eigenvalue weighted by Gasteiger charge is -2.36. The number of benzene rings is 2. The van der Waals surface area contributed by atoms with Gasteiger partial charge in [-0.1, -0.05) is 46.5 Å². The number of rotatable bonds is 11. The molecule has 4 aromatic rings. The predicted octanol–water partition coefficient (Wildman–Crippen LogP) is 7.90. The maximum absolute atomic E-state index is 11.5. The fourth-order valence-corrected chi connectivity index (χ4v) is 6.07. The number of nitrogens with zero attached hydrogens (tertiary/aromatic N) is 4. The Morgan fingerprint density at radius 3 is 2.36 bits per heavy atom. The van der Waals surface area contributed by atoms with Crippen molar-refractivity contribution in [3.05, 3.63) is 58.8 Å². The van der Waals surface area contributed by atoms with E-state index in [9.17, 15) is 10.1 Å². The summed E-state index contributed by atoms with van der Waals surface area (Å²) in [4.78, 5) is 11.2. The van der Waals surface area contributed by atoms with Crippen LogP contribution in [0.2, 0.25) is 43.8 Å². The molecule has 4 rings (SSSR count). The number of non-ortho nitro benzene ring substituents is 1.